The zero-order valence-corrected chi connectivity index (χ0v) is 8.93. The Morgan fingerprint density at radius 1 is 1.44 bits per heavy atom. The van der Waals surface area contributed by atoms with Gasteiger partial charge < -0.3 is 14.6 Å². The van der Waals surface area contributed by atoms with Gasteiger partial charge in [-0.3, -0.25) is 0 Å². The SMILES string of the molecule is OC1(COCc2ccccc2)OCCC1F. The van der Waals surface area contributed by atoms with E-state index in [1.807, 2.05) is 30.3 Å². The Bertz CT molecular complexity index is 330. The summed E-state index contributed by atoms with van der Waals surface area (Å²) in [5.41, 5.74) is 0.986. The van der Waals surface area contributed by atoms with Gasteiger partial charge in [-0.1, -0.05) is 30.3 Å². The highest BCUT2D eigenvalue weighted by Crippen LogP contribution is 2.26. The van der Waals surface area contributed by atoms with Crippen molar-refractivity contribution in [2.24, 2.45) is 0 Å². The first-order chi connectivity index (χ1) is 7.71. The third kappa shape index (κ3) is 2.58. The minimum atomic E-state index is -1.76. The van der Waals surface area contributed by atoms with Gasteiger partial charge in [-0.2, -0.15) is 0 Å². The maximum atomic E-state index is 13.2. The minimum Gasteiger partial charge on any atom is -0.371 e. The molecule has 88 valence electrons. The molecule has 3 nitrogen and oxygen atoms in total. The van der Waals surface area contributed by atoms with E-state index in [9.17, 15) is 9.50 Å². The predicted octanol–water partition coefficient (Wildman–Crippen LogP) is 1.65. The average molecular weight is 226 g/mol. The normalized spacial score (nSPS) is 29.5. The van der Waals surface area contributed by atoms with Crippen molar-refractivity contribution in [1.29, 1.82) is 0 Å². The van der Waals surface area contributed by atoms with Gasteiger partial charge in [-0.15, -0.1) is 0 Å². The van der Waals surface area contributed by atoms with E-state index >= 15 is 0 Å². The summed E-state index contributed by atoms with van der Waals surface area (Å²) in [5, 5.41) is 9.72. The Kier molecular flexibility index (Phi) is 3.53. The van der Waals surface area contributed by atoms with Gasteiger partial charge >= 0.3 is 0 Å². The van der Waals surface area contributed by atoms with E-state index in [4.69, 9.17) is 9.47 Å². The maximum absolute atomic E-state index is 13.2. The monoisotopic (exact) mass is 226 g/mol. The molecule has 2 rings (SSSR count). The van der Waals surface area contributed by atoms with Crippen LogP contribution in [-0.4, -0.2) is 30.3 Å². The van der Waals surface area contributed by atoms with E-state index in [0.717, 1.165) is 5.56 Å². The number of benzene rings is 1. The summed E-state index contributed by atoms with van der Waals surface area (Å²) in [5.74, 6) is -1.76. The molecule has 1 aromatic carbocycles. The number of halogens is 1. The standard InChI is InChI=1S/C12H15FO3/c13-11-6-7-16-12(11,14)9-15-8-10-4-2-1-3-5-10/h1-5,11,14H,6-9H2. The van der Waals surface area contributed by atoms with Crippen molar-refractivity contribution in [3.63, 3.8) is 0 Å². The molecule has 2 unspecified atom stereocenters. The number of ether oxygens (including phenoxy) is 2. The molecular formula is C12H15FO3. The number of aliphatic hydroxyl groups is 1. The van der Waals surface area contributed by atoms with Crippen LogP contribution in [0.3, 0.4) is 0 Å². The Morgan fingerprint density at radius 3 is 2.81 bits per heavy atom. The molecule has 1 N–H and O–H groups in total. The molecule has 0 amide bonds. The lowest BCUT2D eigenvalue weighted by Gasteiger charge is -2.23. The third-order valence-corrected chi connectivity index (χ3v) is 2.63. The van der Waals surface area contributed by atoms with Crippen LogP contribution in [0.1, 0.15) is 12.0 Å². The minimum absolute atomic E-state index is 0.136. The molecule has 0 spiro atoms. The Morgan fingerprint density at radius 2 is 2.19 bits per heavy atom. The van der Waals surface area contributed by atoms with Crippen LogP contribution in [0.5, 0.6) is 0 Å². The molecule has 0 bridgehead atoms. The molecule has 0 saturated carbocycles. The van der Waals surface area contributed by atoms with Crippen molar-refractivity contribution in [3.05, 3.63) is 35.9 Å². The fourth-order valence-corrected chi connectivity index (χ4v) is 1.68. The third-order valence-electron chi connectivity index (χ3n) is 2.63. The van der Waals surface area contributed by atoms with Crippen molar-refractivity contribution >= 4 is 0 Å². The Hall–Kier alpha value is -0.970. The van der Waals surface area contributed by atoms with Gasteiger partial charge in [-0.25, -0.2) is 4.39 Å². The van der Waals surface area contributed by atoms with E-state index in [-0.39, 0.29) is 19.6 Å². The summed E-state index contributed by atoms with van der Waals surface area (Å²) in [6.45, 7) is 0.453. The summed E-state index contributed by atoms with van der Waals surface area (Å²) in [6.07, 6.45) is -1.13. The molecule has 1 aliphatic rings. The molecule has 2 atom stereocenters. The second-order valence-electron chi connectivity index (χ2n) is 3.93. The first-order valence-corrected chi connectivity index (χ1v) is 5.33. The highest BCUT2D eigenvalue weighted by atomic mass is 19.1. The lowest BCUT2D eigenvalue weighted by molar-refractivity contribution is -0.229. The highest BCUT2D eigenvalue weighted by molar-refractivity contribution is 5.13. The molecule has 1 fully saturated rings. The Balaban J connectivity index is 1.80. The van der Waals surface area contributed by atoms with Crippen LogP contribution in [0.4, 0.5) is 4.39 Å². The number of hydrogen-bond acceptors (Lipinski definition) is 3. The quantitative estimate of drug-likeness (QED) is 0.848. The molecular weight excluding hydrogens is 211 g/mol. The van der Waals surface area contributed by atoms with Gasteiger partial charge in [0.05, 0.1) is 13.2 Å². The lowest BCUT2D eigenvalue weighted by atomic mass is 10.2. The largest absolute Gasteiger partial charge is 0.371 e. The second-order valence-corrected chi connectivity index (χ2v) is 3.93. The lowest BCUT2D eigenvalue weighted by Crippen LogP contribution is -2.41. The van der Waals surface area contributed by atoms with Crippen LogP contribution in [0.15, 0.2) is 30.3 Å². The van der Waals surface area contributed by atoms with Crippen LogP contribution in [0, 0.1) is 0 Å². The predicted molar refractivity (Wildman–Crippen MR) is 56.5 cm³/mol. The van der Waals surface area contributed by atoms with Gasteiger partial charge in [0, 0.05) is 6.42 Å². The molecule has 16 heavy (non-hydrogen) atoms. The maximum Gasteiger partial charge on any atom is 0.221 e. The molecule has 0 radical (unpaired) electrons. The van der Waals surface area contributed by atoms with Crippen molar-refractivity contribution < 1.29 is 19.0 Å². The van der Waals surface area contributed by atoms with Gasteiger partial charge in [0.15, 0.2) is 6.17 Å². The first kappa shape index (κ1) is 11.5. The number of rotatable bonds is 4. The van der Waals surface area contributed by atoms with E-state index in [1.165, 1.54) is 0 Å². The molecule has 1 heterocycles. The molecule has 1 saturated heterocycles. The fraction of sp³-hybridized carbons (Fsp3) is 0.500. The summed E-state index contributed by atoms with van der Waals surface area (Å²) in [6, 6.07) is 9.53. The zero-order chi connectivity index (χ0) is 11.4. The summed E-state index contributed by atoms with van der Waals surface area (Å²) >= 11 is 0. The molecule has 1 aromatic rings. The van der Waals surface area contributed by atoms with Crippen LogP contribution < -0.4 is 0 Å². The topological polar surface area (TPSA) is 38.7 Å². The van der Waals surface area contributed by atoms with Crippen molar-refractivity contribution in [1.82, 2.24) is 0 Å². The van der Waals surface area contributed by atoms with Crippen LogP contribution in [0.25, 0.3) is 0 Å². The molecule has 1 aliphatic heterocycles. The number of hydrogen-bond donors (Lipinski definition) is 1. The van der Waals surface area contributed by atoms with E-state index < -0.39 is 12.0 Å². The second kappa shape index (κ2) is 4.91. The van der Waals surface area contributed by atoms with Gasteiger partial charge in [0.2, 0.25) is 5.79 Å². The average Bonchev–Trinajstić information content (AvgIpc) is 2.61. The van der Waals surface area contributed by atoms with Crippen LogP contribution in [-0.2, 0) is 16.1 Å². The van der Waals surface area contributed by atoms with Crippen molar-refractivity contribution in [2.75, 3.05) is 13.2 Å². The summed E-state index contributed by atoms with van der Waals surface area (Å²) in [4.78, 5) is 0. The first-order valence-electron chi connectivity index (χ1n) is 5.33. The van der Waals surface area contributed by atoms with Gasteiger partial charge in [0.25, 0.3) is 0 Å². The highest BCUT2D eigenvalue weighted by Gasteiger charge is 2.43. The molecule has 0 aliphatic carbocycles. The van der Waals surface area contributed by atoms with Gasteiger partial charge in [0.1, 0.15) is 6.61 Å². The Labute approximate surface area is 93.8 Å². The van der Waals surface area contributed by atoms with E-state index in [2.05, 4.69) is 0 Å². The van der Waals surface area contributed by atoms with Crippen LogP contribution >= 0.6 is 0 Å². The van der Waals surface area contributed by atoms with Crippen LogP contribution in [0.2, 0.25) is 0 Å². The fourth-order valence-electron chi connectivity index (χ4n) is 1.68. The summed E-state index contributed by atoms with van der Waals surface area (Å²) in [7, 11) is 0. The zero-order valence-electron chi connectivity index (χ0n) is 8.93. The number of alkyl halides is 1. The molecule has 0 aromatic heterocycles. The van der Waals surface area contributed by atoms with Crippen molar-refractivity contribution in [3.8, 4) is 0 Å². The summed E-state index contributed by atoms with van der Waals surface area (Å²) < 4.78 is 23.5. The van der Waals surface area contributed by atoms with Gasteiger partial charge in [-0.05, 0) is 5.56 Å². The van der Waals surface area contributed by atoms with E-state index in [1.54, 1.807) is 0 Å². The molecule has 4 heteroatoms. The van der Waals surface area contributed by atoms with Crippen molar-refractivity contribution in [2.45, 2.75) is 25.0 Å². The smallest absolute Gasteiger partial charge is 0.221 e. The van der Waals surface area contributed by atoms with E-state index in [0.29, 0.717) is 6.61 Å².